The zero-order valence-corrected chi connectivity index (χ0v) is 10.9. The number of ether oxygens (including phenoxy) is 1. The fourth-order valence-electron chi connectivity index (χ4n) is 1.62. The van der Waals surface area contributed by atoms with Gasteiger partial charge >= 0.3 is 5.97 Å². The maximum Gasteiger partial charge on any atom is 0.338 e. The first kappa shape index (κ1) is 13.3. The van der Waals surface area contributed by atoms with Crippen LogP contribution in [0.25, 0.3) is 0 Å². The summed E-state index contributed by atoms with van der Waals surface area (Å²) < 4.78 is 5.05. The molecule has 1 aromatic carbocycles. The van der Waals surface area contributed by atoms with Gasteiger partial charge in [0.25, 0.3) is 0 Å². The van der Waals surface area contributed by atoms with Crippen molar-refractivity contribution >= 4 is 17.6 Å². The number of amides is 1. The van der Waals surface area contributed by atoms with Gasteiger partial charge in [-0.25, -0.2) is 4.79 Å². The molecule has 1 N–H and O–H groups in total. The Kier molecular flexibility index (Phi) is 4.34. The first-order chi connectivity index (χ1) is 9.20. The molecule has 0 heterocycles. The molecule has 0 bridgehead atoms. The van der Waals surface area contributed by atoms with E-state index < -0.39 is 0 Å². The van der Waals surface area contributed by atoms with Gasteiger partial charge in [-0.2, -0.15) is 0 Å². The predicted molar refractivity (Wildman–Crippen MR) is 72.9 cm³/mol. The van der Waals surface area contributed by atoms with E-state index in [1.54, 1.807) is 30.3 Å². The van der Waals surface area contributed by atoms with Gasteiger partial charge in [0.1, 0.15) is 6.61 Å². The second-order valence-electron chi connectivity index (χ2n) is 4.51. The van der Waals surface area contributed by atoms with Crippen LogP contribution in [0.4, 0.5) is 5.69 Å². The molecule has 1 saturated carbocycles. The van der Waals surface area contributed by atoms with E-state index in [2.05, 4.69) is 5.32 Å². The molecule has 0 unspecified atom stereocenters. The molecule has 0 radical (unpaired) electrons. The summed E-state index contributed by atoms with van der Waals surface area (Å²) in [7, 11) is 0. The van der Waals surface area contributed by atoms with Crippen molar-refractivity contribution in [1.29, 1.82) is 0 Å². The predicted octanol–water partition coefficient (Wildman–Crippen LogP) is 2.77. The molecule has 4 nitrogen and oxygen atoms in total. The zero-order chi connectivity index (χ0) is 13.7. The van der Waals surface area contributed by atoms with E-state index in [9.17, 15) is 9.59 Å². The molecule has 19 heavy (non-hydrogen) atoms. The van der Waals surface area contributed by atoms with Crippen LogP contribution in [0.2, 0.25) is 0 Å². The normalized spacial score (nSPS) is 14.4. The molecule has 2 rings (SSSR count). The third-order valence-electron chi connectivity index (χ3n) is 2.86. The summed E-state index contributed by atoms with van der Waals surface area (Å²) in [5.41, 5.74) is 1.08. The average molecular weight is 259 g/mol. The van der Waals surface area contributed by atoms with E-state index in [1.807, 2.05) is 13.0 Å². The highest BCUT2D eigenvalue weighted by atomic mass is 16.5. The third kappa shape index (κ3) is 3.95. The van der Waals surface area contributed by atoms with Crippen molar-refractivity contribution in [2.45, 2.75) is 19.8 Å². The number of carbonyl (C=O) groups is 2. The summed E-state index contributed by atoms with van der Waals surface area (Å²) in [5, 5.41) is 2.81. The quantitative estimate of drug-likeness (QED) is 0.653. The van der Waals surface area contributed by atoms with Gasteiger partial charge in [0.15, 0.2) is 0 Å². The molecule has 1 fully saturated rings. The molecule has 0 aromatic heterocycles. The number of hydrogen-bond acceptors (Lipinski definition) is 3. The topological polar surface area (TPSA) is 55.4 Å². The minimum atomic E-state index is -0.388. The largest absolute Gasteiger partial charge is 0.458 e. The van der Waals surface area contributed by atoms with Gasteiger partial charge in [-0.15, -0.1) is 0 Å². The minimum absolute atomic E-state index is 0.0273. The first-order valence-electron chi connectivity index (χ1n) is 6.40. The third-order valence-corrected chi connectivity index (χ3v) is 2.86. The van der Waals surface area contributed by atoms with E-state index in [1.165, 1.54) is 0 Å². The van der Waals surface area contributed by atoms with Crippen molar-refractivity contribution in [3.63, 3.8) is 0 Å². The van der Waals surface area contributed by atoms with Crippen molar-refractivity contribution in [2.75, 3.05) is 11.9 Å². The lowest BCUT2D eigenvalue weighted by atomic mass is 10.2. The Balaban J connectivity index is 1.97. The van der Waals surface area contributed by atoms with E-state index in [0.717, 1.165) is 12.8 Å². The van der Waals surface area contributed by atoms with Crippen LogP contribution in [0.1, 0.15) is 30.1 Å². The number of hydrogen-bond donors (Lipinski definition) is 1. The highest BCUT2D eigenvalue weighted by molar-refractivity contribution is 5.96. The molecular formula is C15H17NO3. The number of anilines is 1. The second-order valence-corrected chi connectivity index (χ2v) is 4.51. The molecule has 0 spiro atoms. The molecule has 1 amide bonds. The zero-order valence-electron chi connectivity index (χ0n) is 10.9. The summed E-state index contributed by atoms with van der Waals surface area (Å²) in [6.07, 6.45) is 5.49. The highest BCUT2D eigenvalue weighted by Gasteiger charge is 2.29. The van der Waals surface area contributed by atoms with Crippen LogP contribution >= 0.6 is 0 Å². The standard InChI is InChI=1S/C15H17NO3/c1-2-3-9-19-15(18)12-5-4-6-13(10-12)16-14(17)11-7-8-11/h2-6,10-11H,7-9H2,1H3,(H,16,17)/b3-2+. The Morgan fingerprint density at radius 2 is 2.21 bits per heavy atom. The van der Waals surface area contributed by atoms with Crippen LogP contribution in [0, 0.1) is 5.92 Å². The van der Waals surface area contributed by atoms with Crippen molar-refractivity contribution in [2.24, 2.45) is 5.92 Å². The molecule has 0 aliphatic heterocycles. The fourth-order valence-corrected chi connectivity index (χ4v) is 1.62. The van der Waals surface area contributed by atoms with E-state index in [4.69, 9.17) is 4.74 Å². The molecule has 100 valence electrons. The second kappa shape index (κ2) is 6.18. The van der Waals surface area contributed by atoms with Gasteiger partial charge in [-0.3, -0.25) is 4.79 Å². The molecule has 0 saturated heterocycles. The van der Waals surface area contributed by atoms with Crippen LogP contribution in [0.15, 0.2) is 36.4 Å². The van der Waals surface area contributed by atoms with Gasteiger partial charge in [0, 0.05) is 11.6 Å². The lowest BCUT2D eigenvalue weighted by Crippen LogP contribution is -2.14. The molecule has 4 heteroatoms. The molecule has 1 aliphatic rings. The molecule has 1 aromatic rings. The van der Waals surface area contributed by atoms with Crippen LogP contribution in [0.3, 0.4) is 0 Å². The summed E-state index contributed by atoms with van der Waals surface area (Å²) >= 11 is 0. The number of esters is 1. The van der Waals surface area contributed by atoms with E-state index in [-0.39, 0.29) is 24.4 Å². The van der Waals surface area contributed by atoms with Gasteiger partial charge < -0.3 is 10.1 Å². The number of benzene rings is 1. The SMILES string of the molecule is C/C=C/COC(=O)c1cccc(NC(=O)C2CC2)c1. The van der Waals surface area contributed by atoms with Crippen LogP contribution in [-0.2, 0) is 9.53 Å². The smallest absolute Gasteiger partial charge is 0.338 e. The van der Waals surface area contributed by atoms with Gasteiger partial charge in [-0.05, 0) is 38.0 Å². The van der Waals surface area contributed by atoms with Gasteiger partial charge in [-0.1, -0.05) is 18.2 Å². The van der Waals surface area contributed by atoms with Crippen molar-refractivity contribution in [1.82, 2.24) is 0 Å². The molecule has 0 atom stereocenters. The van der Waals surface area contributed by atoms with Gasteiger partial charge in [0.05, 0.1) is 5.56 Å². The number of allylic oxidation sites excluding steroid dienone is 1. The van der Waals surface area contributed by atoms with Crippen LogP contribution < -0.4 is 5.32 Å². The maximum atomic E-state index is 11.7. The van der Waals surface area contributed by atoms with Crippen molar-refractivity contribution in [3.05, 3.63) is 42.0 Å². The first-order valence-corrected chi connectivity index (χ1v) is 6.40. The number of rotatable bonds is 5. The Morgan fingerprint density at radius 1 is 1.42 bits per heavy atom. The average Bonchev–Trinajstić information content (AvgIpc) is 3.23. The Bertz CT molecular complexity index is 504. The summed E-state index contributed by atoms with van der Waals surface area (Å²) in [6, 6.07) is 6.81. The fraction of sp³-hybridized carbons (Fsp3) is 0.333. The monoisotopic (exact) mass is 259 g/mol. The van der Waals surface area contributed by atoms with E-state index >= 15 is 0 Å². The van der Waals surface area contributed by atoms with Crippen molar-refractivity contribution < 1.29 is 14.3 Å². The Labute approximate surface area is 112 Å². The van der Waals surface area contributed by atoms with E-state index in [0.29, 0.717) is 11.3 Å². The minimum Gasteiger partial charge on any atom is -0.458 e. The molecular weight excluding hydrogens is 242 g/mol. The number of nitrogens with one attached hydrogen (secondary N) is 1. The summed E-state index contributed by atoms with van der Waals surface area (Å²) in [6.45, 7) is 2.12. The summed E-state index contributed by atoms with van der Waals surface area (Å²) in [5.74, 6) is -0.217. The lowest BCUT2D eigenvalue weighted by molar-refractivity contribution is -0.117. The van der Waals surface area contributed by atoms with Crippen molar-refractivity contribution in [3.8, 4) is 0 Å². The Morgan fingerprint density at radius 3 is 2.89 bits per heavy atom. The van der Waals surface area contributed by atoms with Crippen LogP contribution in [0.5, 0.6) is 0 Å². The maximum absolute atomic E-state index is 11.7. The van der Waals surface area contributed by atoms with Gasteiger partial charge in [0.2, 0.25) is 5.91 Å². The lowest BCUT2D eigenvalue weighted by Gasteiger charge is -2.06. The van der Waals surface area contributed by atoms with Crippen LogP contribution in [-0.4, -0.2) is 18.5 Å². The number of carbonyl (C=O) groups excluding carboxylic acids is 2. The Hall–Kier alpha value is -2.10. The highest BCUT2D eigenvalue weighted by Crippen LogP contribution is 2.30. The summed E-state index contributed by atoms with van der Waals surface area (Å²) in [4.78, 5) is 23.4. The molecule has 1 aliphatic carbocycles.